The molecule has 2 rings (SSSR count). The number of halogens is 1. The van der Waals surface area contributed by atoms with Crippen molar-refractivity contribution < 1.29 is 18.7 Å². The monoisotopic (exact) mass is 267 g/mol. The van der Waals surface area contributed by atoms with Crippen LogP contribution in [0.3, 0.4) is 0 Å². The normalized spacial score (nSPS) is 21.3. The highest BCUT2D eigenvalue weighted by molar-refractivity contribution is 5.90. The molecule has 2 N–H and O–H groups in total. The average molecular weight is 267 g/mol. The molecule has 4 nitrogen and oxygen atoms in total. The number of benzene rings is 1. The molecular formula is C14H18FNO3. The number of nitrogen functional groups attached to an aromatic ring is 1. The maximum absolute atomic E-state index is 13.5. The van der Waals surface area contributed by atoms with E-state index >= 15 is 0 Å². The number of carbonyl (C=O) groups is 1. The Morgan fingerprint density at radius 3 is 2.95 bits per heavy atom. The van der Waals surface area contributed by atoms with Gasteiger partial charge in [0, 0.05) is 5.69 Å². The van der Waals surface area contributed by atoms with Gasteiger partial charge in [0.05, 0.1) is 17.3 Å². The fourth-order valence-corrected chi connectivity index (χ4v) is 2.14. The summed E-state index contributed by atoms with van der Waals surface area (Å²) in [6.45, 7) is 4.12. The van der Waals surface area contributed by atoms with Crippen molar-refractivity contribution in [1.82, 2.24) is 0 Å². The Morgan fingerprint density at radius 1 is 1.58 bits per heavy atom. The van der Waals surface area contributed by atoms with Gasteiger partial charge in [-0.2, -0.15) is 0 Å². The van der Waals surface area contributed by atoms with Gasteiger partial charge in [0.15, 0.2) is 0 Å². The summed E-state index contributed by atoms with van der Waals surface area (Å²) >= 11 is 0. The first-order chi connectivity index (χ1) is 8.87. The van der Waals surface area contributed by atoms with E-state index in [-0.39, 0.29) is 23.9 Å². The van der Waals surface area contributed by atoms with E-state index in [1.54, 1.807) is 0 Å². The molecule has 1 aromatic rings. The predicted molar refractivity (Wildman–Crippen MR) is 69.3 cm³/mol. The van der Waals surface area contributed by atoms with Crippen molar-refractivity contribution in [2.24, 2.45) is 0 Å². The molecule has 104 valence electrons. The molecule has 0 radical (unpaired) electrons. The van der Waals surface area contributed by atoms with Crippen LogP contribution < -0.4 is 5.73 Å². The number of ether oxygens (including phenoxy) is 2. The second-order valence-electron chi connectivity index (χ2n) is 5.38. The van der Waals surface area contributed by atoms with Gasteiger partial charge in [0.25, 0.3) is 0 Å². The van der Waals surface area contributed by atoms with Crippen molar-refractivity contribution in [2.45, 2.75) is 38.4 Å². The van der Waals surface area contributed by atoms with E-state index in [9.17, 15) is 9.18 Å². The van der Waals surface area contributed by atoms with Crippen molar-refractivity contribution in [2.75, 3.05) is 12.3 Å². The van der Waals surface area contributed by atoms with Crippen molar-refractivity contribution in [1.29, 1.82) is 0 Å². The van der Waals surface area contributed by atoms with Crippen LogP contribution in [0.15, 0.2) is 18.2 Å². The second kappa shape index (κ2) is 5.17. The Balaban J connectivity index is 1.93. The summed E-state index contributed by atoms with van der Waals surface area (Å²) < 4.78 is 24.2. The highest BCUT2D eigenvalue weighted by atomic mass is 19.1. The standard InChI is InChI=1S/C14H18FNO3/c1-14(2)6-5-10(19-14)8-18-13(17)11-7-9(16)3-4-12(11)15/h3-4,7,10H,5-6,8,16H2,1-2H3. The van der Waals surface area contributed by atoms with Crippen LogP contribution in [0.1, 0.15) is 37.0 Å². The Morgan fingerprint density at radius 2 is 2.32 bits per heavy atom. The first-order valence-corrected chi connectivity index (χ1v) is 6.27. The lowest BCUT2D eigenvalue weighted by Gasteiger charge is -2.19. The number of hydrogen-bond donors (Lipinski definition) is 1. The molecule has 19 heavy (non-hydrogen) atoms. The Bertz CT molecular complexity index is 488. The zero-order chi connectivity index (χ0) is 14.0. The molecule has 1 heterocycles. The van der Waals surface area contributed by atoms with E-state index < -0.39 is 11.8 Å². The third-order valence-electron chi connectivity index (χ3n) is 3.16. The lowest BCUT2D eigenvalue weighted by molar-refractivity contribution is -0.0445. The maximum atomic E-state index is 13.5. The summed E-state index contributed by atoms with van der Waals surface area (Å²) in [5.41, 5.74) is 5.52. The minimum atomic E-state index is -0.710. The highest BCUT2D eigenvalue weighted by Crippen LogP contribution is 2.29. The van der Waals surface area contributed by atoms with Crippen molar-refractivity contribution in [3.8, 4) is 0 Å². The molecule has 0 spiro atoms. The fraction of sp³-hybridized carbons (Fsp3) is 0.500. The quantitative estimate of drug-likeness (QED) is 0.675. The molecule has 5 heteroatoms. The van der Waals surface area contributed by atoms with Gasteiger partial charge in [-0.05, 0) is 44.9 Å². The smallest absolute Gasteiger partial charge is 0.341 e. The van der Waals surface area contributed by atoms with Gasteiger partial charge in [-0.15, -0.1) is 0 Å². The van der Waals surface area contributed by atoms with E-state index in [0.717, 1.165) is 18.9 Å². The summed E-state index contributed by atoms with van der Waals surface area (Å²) in [4.78, 5) is 11.8. The largest absolute Gasteiger partial charge is 0.459 e. The summed E-state index contributed by atoms with van der Waals surface area (Å²) in [5.74, 6) is -1.34. The number of rotatable bonds is 3. The molecule has 0 saturated carbocycles. The van der Waals surface area contributed by atoms with E-state index in [0.29, 0.717) is 5.69 Å². The summed E-state index contributed by atoms with van der Waals surface area (Å²) in [6, 6.07) is 3.83. The molecule has 1 saturated heterocycles. The number of anilines is 1. The minimum absolute atomic E-state index is 0.122. The first-order valence-electron chi connectivity index (χ1n) is 6.27. The predicted octanol–water partition coefficient (Wildman–Crippen LogP) is 2.52. The topological polar surface area (TPSA) is 61.5 Å². The SMILES string of the molecule is CC1(C)CCC(COC(=O)c2cc(N)ccc2F)O1. The van der Waals surface area contributed by atoms with Gasteiger partial charge in [0.1, 0.15) is 12.4 Å². The van der Waals surface area contributed by atoms with Crippen molar-refractivity contribution in [3.05, 3.63) is 29.6 Å². The molecule has 0 bridgehead atoms. The van der Waals surface area contributed by atoms with Crippen LogP contribution in [0.5, 0.6) is 0 Å². The zero-order valence-corrected chi connectivity index (χ0v) is 11.1. The second-order valence-corrected chi connectivity index (χ2v) is 5.38. The number of esters is 1. The molecular weight excluding hydrogens is 249 g/mol. The third kappa shape index (κ3) is 3.44. The molecule has 1 aromatic carbocycles. The van der Waals surface area contributed by atoms with E-state index in [1.165, 1.54) is 12.1 Å². The summed E-state index contributed by atoms with van der Waals surface area (Å²) in [6.07, 6.45) is 1.63. The summed E-state index contributed by atoms with van der Waals surface area (Å²) in [5, 5.41) is 0. The number of nitrogens with two attached hydrogens (primary N) is 1. The minimum Gasteiger partial charge on any atom is -0.459 e. The van der Waals surface area contributed by atoms with Crippen molar-refractivity contribution >= 4 is 11.7 Å². The van der Waals surface area contributed by atoms with E-state index in [4.69, 9.17) is 15.2 Å². The van der Waals surface area contributed by atoms with Crippen LogP contribution in [-0.2, 0) is 9.47 Å². The zero-order valence-electron chi connectivity index (χ0n) is 11.1. The van der Waals surface area contributed by atoms with Crippen LogP contribution >= 0.6 is 0 Å². The summed E-state index contributed by atoms with van der Waals surface area (Å²) in [7, 11) is 0. The van der Waals surface area contributed by atoms with Crippen LogP contribution in [0.2, 0.25) is 0 Å². The molecule has 1 fully saturated rings. The van der Waals surface area contributed by atoms with Gasteiger partial charge < -0.3 is 15.2 Å². The van der Waals surface area contributed by atoms with Crippen LogP contribution in [0, 0.1) is 5.82 Å². The lowest BCUT2D eigenvalue weighted by atomic mass is 10.1. The average Bonchev–Trinajstić information content (AvgIpc) is 2.69. The Hall–Kier alpha value is -1.62. The van der Waals surface area contributed by atoms with Crippen LogP contribution in [-0.4, -0.2) is 24.3 Å². The van der Waals surface area contributed by atoms with Crippen molar-refractivity contribution in [3.63, 3.8) is 0 Å². The molecule has 0 aromatic heterocycles. The van der Waals surface area contributed by atoms with Gasteiger partial charge in [-0.25, -0.2) is 9.18 Å². The van der Waals surface area contributed by atoms with E-state index in [2.05, 4.69) is 0 Å². The third-order valence-corrected chi connectivity index (χ3v) is 3.16. The highest BCUT2D eigenvalue weighted by Gasteiger charge is 2.32. The Kier molecular flexibility index (Phi) is 3.75. The van der Waals surface area contributed by atoms with E-state index in [1.807, 2.05) is 13.8 Å². The number of carbonyl (C=O) groups excluding carboxylic acids is 1. The lowest BCUT2D eigenvalue weighted by Crippen LogP contribution is -2.24. The van der Waals surface area contributed by atoms with Gasteiger partial charge in [-0.1, -0.05) is 0 Å². The molecule has 1 aliphatic heterocycles. The Labute approximate surface area is 111 Å². The first kappa shape index (κ1) is 13.8. The number of hydrogen-bond acceptors (Lipinski definition) is 4. The molecule has 0 amide bonds. The molecule has 0 aliphatic carbocycles. The van der Waals surface area contributed by atoms with Gasteiger partial charge >= 0.3 is 5.97 Å². The fourth-order valence-electron chi connectivity index (χ4n) is 2.14. The molecule has 1 unspecified atom stereocenters. The van der Waals surface area contributed by atoms with Gasteiger partial charge in [0.2, 0.25) is 0 Å². The van der Waals surface area contributed by atoms with Gasteiger partial charge in [-0.3, -0.25) is 0 Å². The molecule has 1 aliphatic rings. The van der Waals surface area contributed by atoms with Crippen LogP contribution in [0.4, 0.5) is 10.1 Å². The van der Waals surface area contributed by atoms with Crippen LogP contribution in [0.25, 0.3) is 0 Å². The maximum Gasteiger partial charge on any atom is 0.341 e. The molecule has 1 atom stereocenters.